The lowest BCUT2D eigenvalue weighted by atomic mass is 10.1. The van der Waals surface area contributed by atoms with Gasteiger partial charge in [0.25, 0.3) is 0 Å². The van der Waals surface area contributed by atoms with Gasteiger partial charge in [-0.1, -0.05) is 30.3 Å². The first-order valence-electron chi connectivity index (χ1n) is 7.51. The molecule has 1 fully saturated rings. The Morgan fingerprint density at radius 1 is 1.10 bits per heavy atom. The number of hydrogen-bond donors (Lipinski definition) is 1. The van der Waals surface area contributed by atoms with Crippen molar-refractivity contribution in [2.45, 2.75) is 12.8 Å². The summed E-state index contributed by atoms with van der Waals surface area (Å²) < 4.78 is 0. The monoisotopic (exact) mass is 289 g/mol. The molecule has 0 unspecified atom stereocenters. The summed E-state index contributed by atoms with van der Waals surface area (Å²) in [5.74, 6) is 0.174. The van der Waals surface area contributed by atoms with Crippen LogP contribution >= 0.6 is 0 Å². The highest BCUT2D eigenvalue weighted by Crippen LogP contribution is 2.02. The number of nitrogens with one attached hydrogen (secondary N) is 1. The van der Waals surface area contributed by atoms with Gasteiger partial charge in [0, 0.05) is 39.1 Å². The molecule has 1 aliphatic rings. The summed E-state index contributed by atoms with van der Waals surface area (Å²) in [5, 5.41) is 3.31. The van der Waals surface area contributed by atoms with Crippen molar-refractivity contribution in [3.8, 4) is 0 Å². The van der Waals surface area contributed by atoms with Crippen LogP contribution in [0.25, 0.3) is 0 Å². The van der Waals surface area contributed by atoms with Crippen molar-refractivity contribution in [2.75, 3.05) is 39.3 Å². The zero-order valence-corrected chi connectivity index (χ0v) is 12.3. The van der Waals surface area contributed by atoms with E-state index >= 15 is 0 Å². The van der Waals surface area contributed by atoms with Gasteiger partial charge in [0.15, 0.2) is 0 Å². The molecular formula is C16H23N3O2. The molecule has 0 aromatic heterocycles. The summed E-state index contributed by atoms with van der Waals surface area (Å²) in [7, 11) is 0. The molecule has 1 aliphatic heterocycles. The maximum Gasteiger partial charge on any atom is 0.223 e. The Labute approximate surface area is 125 Å². The third-order valence-electron chi connectivity index (χ3n) is 3.76. The Morgan fingerprint density at radius 3 is 2.48 bits per heavy atom. The van der Waals surface area contributed by atoms with Crippen molar-refractivity contribution in [2.24, 2.45) is 0 Å². The van der Waals surface area contributed by atoms with Gasteiger partial charge in [-0.25, -0.2) is 0 Å². The van der Waals surface area contributed by atoms with Crippen LogP contribution in [-0.4, -0.2) is 61.4 Å². The number of piperazine rings is 1. The summed E-state index contributed by atoms with van der Waals surface area (Å²) in [5.41, 5.74) is 1.31. The molecule has 1 aromatic carbocycles. The molecule has 0 radical (unpaired) electrons. The second kappa shape index (κ2) is 8.42. The van der Waals surface area contributed by atoms with Crippen LogP contribution in [0.4, 0.5) is 0 Å². The standard InChI is InChI=1S/C16H23N3O2/c20-14-18-10-12-19(13-11-18)16(21)7-9-17-8-6-15-4-2-1-3-5-15/h1-5,14,17H,6-13H2. The molecular weight excluding hydrogens is 266 g/mol. The van der Waals surface area contributed by atoms with E-state index in [1.807, 2.05) is 23.1 Å². The third kappa shape index (κ3) is 5.19. The van der Waals surface area contributed by atoms with Gasteiger partial charge in [-0.2, -0.15) is 0 Å². The molecule has 5 nitrogen and oxygen atoms in total. The smallest absolute Gasteiger partial charge is 0.223 e. The number of nitrogens with zero attached hydrogens (tertiary/aromatic N) is 2. The molecule has 21 heavy (non-hydrogen) atoms. The van der Waals surface area contributed by atoms with Gasteiger partial charge in [0.05, 0.1) is 0 Å². The van der Waals surface area contributed by atoms with E-state index in [0.29, 0.717) is 39.1 Å². The van der Waals surface area contributed by atoms with E-state index in [1.54, 1.807) is 4.90 Å². The normalized spacial score (nSPS) is 15.0. The van der Waals surface area contributed by atoms with E-state index in [-0.39, 0.29) is 5.91 Å². The SMILES string of the molecule is O=CN1CCN(C(=O)CCNCCc2ccccc2)CC1. The molecule has 0 spiro atoms. The lowest BCUT2D eigenvalue weighted by molar-refractivity contribution is -0.135. The van der Waals surface area contributed by atoms with Crippen molar-refractivity contribution in [1.82, 2.24) is 15.1 Å². The van der Waals surface area contributed by atoms with Gasteiger partial charge >= 0.3 is 0 Å². The predicted molar refractivity (Wildman–Crippen MR) is 81.8 cm³/mol. The maximum absolute atomic E-state index is 12.0. The first kappa shape index (κ1) is 15.5. The van der Waals surface area contributed by atoms with Crippen LogP contribution in [0.15, 0.2) is 30.3 Å². The van der Waals surface area contributed by atoms with Gasteiger partial charge in [-0.05, 0) is 18.5 Å². The average molecular weight is 289 g/mol. The molecule has 114 valence electrons. The van der Waals surface area contributed by atoms with Gasteiger partial charge in [0.2, 0.25) is 12.3 Å². The number of rotatable bonds is 7. The quantitative estimate of drug-likeness (QED) is 0.588. The molecule has 1 heterocycles. The van der Waals surface area contributed by atoms with E-state index < -0.39 is 0 Å². The second-order valence-corrected chi connectivity index (χ2v) is 5.26. The molecule has 1 saturated heterocycles. The Balaban J connectivity index is 1.56. The fraction of sp³-hybridized carbons (Fsp3) is 0.500. The zero-order chi connectivity index (χ0) is 14.9. The summed E-state index contributed by atoms with van der Waals surface area (Å²) >= 11 is 0. The Hall–Kier alpha value is -1.88. The second-order valence-electron chi connectivity index (χ2n) is 5.26. The van der Waals surface area contributed by atoms with Crippen molar-refractivity contribution in [3.05, 3.63) is 35.9 Å². The molecule has 5 heteroatoms. The fourth-order valence-electron chi connectivity index (χ4n) is 2.43. The molecule has 0 aliphatic carbocycles. The summed E-state index contributed by atoms with van der Waals surface area (Å²) in [6.45, 7) is 4.20. The third-order valence-corrected chi connectivity index (χ3v) is 3.76. The number of carbonyl (C=O) groups excluding carboxylic acids is 2. The highest BCUT2D eigenvalue weighted by atomic mass is 16.2. The molecule has 1 aromatic rings. The summed E-state index contributed by atoms with van der Waals surface area (Å²) in [6.07, 6.45) is 2.36. The van der Waals surface area contributed by atoms with E-state index in [0.717, 1.165) is 19.4 Å². The summed E-state index contributed by atoms with van der Waals surface area (Å²) in [6, 6.07) is 10.3. The maximum atomic E-state index is 12.0. The Bertz CT molecular complexity index is 442. The molecule has 0 saturated carbocycles. The first-order valence-corrected chi connectivity index (χ1v) is 7.51. The number of amides is 2. The lowest BCUT2D eigenvalue weighted by Gasteiger charge is -2.32. The van der Waals surface area contributed by atoms with Gasteiger partial charge < -0.3 is 15.1 Å². The minimum Gasteiger partial charge on any atom is -0.342 e. The van der Waals surface area contributed by atoms with Gasteiger partial charge in [-0.3, -0.25) is 9.59 Å². The highest BCUT2D eigenvalue weighted by Gasteiger charge is 2.19. The summed E-state index contributed by atoms with van der Waals surface area (Å²) in [4.78, 5) is 26.2. The van der Waals surface area contributed by atoms with Gasteiger partial charge in [0.1, 0.15) is 0 Å². The molecule has 0 bridgehead atoms. The van der Waals surface area contributed by atoms with E-state index in [2.05, 4.69) is 17.4 Å². The van der Waals surface area contributed by atoms with Gasteiger partial charge in [-0.15, -0.1) is 0 Å². The van der Waals surface area contributed by atoms with E-state index in [9.17, 15) is 9.59 Å². The van der Waals surface area contributed by atoms with E-state index in [4.69, 9.17) is 0 Å². The van der Waals surface area contributed by atoms with Crippen molar-refractivity contribution >= 4 is 12.3 Å². The predicted octanol–water partition coefficient (Wildman–Crippen LogP) is 0.509. The van der Waals surface area contributed by atoms with Crippen LogP contribution in [0.5, 0.6) is 0 Å². The minimum absolute atomic E-state index is 0.174. The minimum atomic E-state index is 0.174. The molecule has 1 N–H and O–H groups in total. The van der Waals surface area contributed by atoms with Crippen molar-refractivity contribution in [1.29, 1.82) is 0 Å². The topological polar surface area (TPSA) is 52.7 Å². The Morgan fingerprint density at radius 2 is 1.81 bits per heavy atom. The van der Waals surface area contributed by atoms with Crippen LogP contribution in [0.3, 0.4) is 0 Å². The van der Waals surface area contributed by atoms with Crippen LogP contribution in [0.2, 0.25) is 0 Å². The van der Waals surface area contributed by atoms with Crippen LogP contribution in [-0.2, 0) is 16.0 Å². The molecule has 2 rings (SSSR count). The molecule has 0 atom stereocenters. The van der Waals surface area contributed by atoms with Crippen LogP contribution in [0.1, 0.15) is 12.0 Å². The largest absolute Gasteiger partial charge is 0.342 e. The number of benzene rings is 1. The Kier molecular flexibility index (Phi) is 6.22. The lowest BCUT2D eigenvalue weighted by Crippen LogP contribution is -2.48. The van der Waals surface area contributed by atoms with Crippen molar-refractivity contribution < 1.29 is 9.59 Å². The first-order chi connectivity index (χ1) is 10.3. The van der Waals surface area contributed by atoms with Crippen LogP contribution < -0.4 is 5.32 Å². The average Bonchev–Trinajstić information content (AvgIpc) is 2.55. The number of carbonyl (C=O) groups is 2. The highest BCUT2D eigenvalue weighted by molar-refractivity contribution is 5.76. The molecule has 2 amide bonds. The van der Waals surface area contributed by atoms with Crippen LogP contribution in [0, 0.1) is 0 Å². The van der Waals surface area contributed by atoms with E-state index in [1.165, 1.54) is 5.56 Å². The number of hydrogen-bond acceptors (Lipinski definition) is 3. The fourth-order valence-corrected chi connectivity index (χ4v) is 2.43. The zero-order valence-electron chi connectivity index (χ0n) is 12.3. The van der Waals surface area contributed by atoms with Crippen molar-refractivity contribution in [3.63, 3.8) is 0 Å².